The lowest BCUT2D eigenvalue weighted by Crippen LogP contribution is -2.49. The first-order chi connectivity index (χ1) is 35.1. The molecule has 1 saturated carbocycles. The third-order valence-corrected chi connectivity index (χ3v) is 16.7. The fourth-order valence-electron chi connectivity index (χ4n) is 12.1. The molecule has 1 aromatic heterocycles. The summed E-state index contributed by atoms with van der Waals surface area (Å²) in [5.74, 6) is -2.13. The Balaban J connectivity index is 0.718. The van der Waals surface area contributed by atoms with Crippen LogP contribution in [0.3, 0.4) is 0 Å². The van der Waals surface area contributed by atoms with Gasteiger partial charge in [0.2, 0.25) is 23.6 Å². The van der Waals surface area contributed by atoms with Crippen molar-refractivity contribution in [1.29, 1.82) is 0 Å². The van der Waals surface area contributed by atoms with Crippen LogP contribution in [0.25, 0.3) is 22.0 Å². The van der Waals surface area contributed by atoms with Crippen LogP contribution in [0.1, 0.15) is 110 Å². The quantitative estimate of drug-likeness (QED) is 0.111. The monoisotopic (exact) mass is 1020 g/mol. The number of aryl methyl sites for hydroxylation is 1. The van der Waals surface area contributed by atoms with Crippen molar-refractivity contribution in [3.63, 3.8) is 0 Å². The van der Waals surface area contributed by atoms with Crippen molar-refractivity contribution < 1.29 is 42.2 Å². The van der Waals surface area contributed by atoms with Crippen LogP contribution in [0.15, 0.2) is 66.7 Å². The molecule has 3 saturated heterocycles. The Morgan fingerprint density at radius 2 is 1.62 bits per heavy atom. The lowest BCUT2D eigenvalue weighted by atomic mass is 9.77. The maximum absolute atomic E-state index is 16.2. The first-order valence-electron chi connectivity index (χ1n) is 25.5. The number of anilines is 1. The fraction of sp³-hybridized carbons (Fsp3) is 0.455. The van der Waals surface area contributed by atoms with Crippen LogP contribution in [0.2, 0.25) is 5.02 Å². The molecule has 4 aromatic carbocycles. The molecule has 0 bridgehead atoms. The summed E-state index contributed by atoms with van der Waals surface area (Å²) in [6.07, 6.45) is 6.94. The molecule has 18 heteroatoms. The largest absolute Gasteiger partial charge is 0.494 e. The number of piperidine rings is 2. The molecule has 10 rings (SSSR count). The average molecular weight is 1020 g/mol. The molecule has 2 unspecified atom stereocenters. The third-order valence-electron chi connectivity index (χ3n) is 16.4. The topological polar surface area (TPSA) is 181 Å². The van der Waals surface area contributed by atoms with E-state index in [1.165, 1.54) is 35.8 Å². The Kier molecular flexibility index (Phi) is 13.9. The van der Waals surface area contributed by atoms with E-state index in [4.69, 9.17) is 26.8 Å². The van der Waals surface area contributed by atoms with Crippen molar-refractivity contribution >= 4 is 58.0 Å². The molecule has 4 aliphatic heterocycles. The molecule has 73 heavy (non-hydrogen) atoms. The molecule has 2 atom stereocenters. The van der Waals surface area contributed by atoms with Crippen LogP contribution in [-0.4, -0.2) is 102 Å². The van der Waals surface area contributed by atoms with Crippen LogP contribution < -0.4 is 30.7 Å². The van der Waals surface area contributed by atoms with Crippen molar-refractivity contribution in [2.45, 2.75) is 94.6 Å². The Bertz CT molecular complexity index is 2980. The number of nitrogens with one attached hydrogen (secondary N) is 2. The Labute approximate surface area is 427 Å². The molecular formula is C55H61ClF2N8O7. The number of halogens is 3. The van der Waals surface area contributed by atoms with Gasteiger partial charge in [-0.05, 0) is 98.6 Å². The first-order valence-corrected chi connectivity index (χ1v) is 25.8. The summed E-state index contributed by atoms with van der Waals surface area (Å²) in [7, 11) is 3.15. The molecule has 0 radical (unpaired) electrons. The molecule has 15 nitrogen and oxygen atoms in total. The molecule has 4 N–H and O–H groups in total. The van der Waals surface area contributed by atoms with Crippen molar-refractivity contribution in [3.8, 4) is 22.6 Å². The van der Waals surface area contributed by atoms with Crippen molar-refractivity contribution in [2.24, 2.45) is 24.6 Å². The van der Waals surface area contributed by atoms with Gasteiger partial charge in [-0.15, -0.1) is 0 Å². The van der Waals surface area contributed by atoms with Crippen LogP contribution >= 0.6 is 11.6 Å². The predicted octanol–water partition coefficient (Wildman–Crippen LogP) is 8.30. The summed E-state index contributed by atoms with van der Waals surface area (Å²) in [6, 6.07) is 19.2. The van der Waals surface area contributed by atoms with E-state index in [0.29, 0.717) is 63.4 Å². The van der Waals surface area contributed by atoms with Crippen LogP contribution in [0, 0.1) is 23.5 Å². The number of hydrogen-bond acceptors (Lipinski definition) is 9. The van der Waals surface area contributed by atoms with Crippen LogP contribution in [-0.2, 0) is 27.0 Å². The Morgan fingerprint density at radius 1 is 0.904 bits per heavy atom. The zero-order chi connectivity index (χ0) is 51.3. The minimum atomic E-state index is -1.09. The first kappa shape index (κ1) is 50.0. The van der Waals surface area contributed by atoms with Gasteiger partial charge in [-0.3, -0.25) is 34.1 Å². The highest BCUT2D eigenvalue weighted by Gasteiger charge is 2.50. The molecule has 384 valence electrons. The minimum Gasteiger partial charge on any atom is -0.494 e. The highest BCUT2D eigenvalue weighted by molar-refractivity contribution is 6.34. The van der Waals surface area contributed by atoms with Crippen molar-refractivity contribution in [1.82, 2.24) is 30.2 Å². The molecule has 1 aliphatic carbocycles. The minimum absolute atomic E-state index is 0.0138. The fourth-order valence-corrected chi connectivity index (χ4v) is 12.4. The van der Waals surface area contributed by atoms with Crippen molar-refractivity contribution in [2.75, 3.05) is 51.3 Å². The molecule has 0 spiro atoms. The van der Waals surface area contributed by atoms with E-state index >= 15 is 8.78 Å². The van der Waals surface area contributed by atoms with E-state index in [2.05, 4.69) is 27.9 Å². The second-order valence-electron chi connectivity index (χ2n) is 20.4. The number of nitrogens with two attached hydrogens (primary N) is 1. The van der Waals surface area contributed by atoms with Gasteiger partial charge < -0.3 is 30.3 Å². The zero-order valence-electron chi connectivity index (χ0n) is 41.4. The number of fused-ring (bicyclic) bond motifs is 2. The maximum atomic E-state index is 16.2. The number of hydrogen-bond donors (Lipinski definition) is 3. The van der Waals surface area contributed by atoms with Gasteiger partial charge in [0.25, 0.3) is 0 Å². The summed E-state index contributed by atoms with van der Waals surface area (Å²) >= 11 is 6.70. The van der Waals surface area contributed by atoms with Gasteiger partial charge in [0.1, 0.15) is 11.6 Å². The summed E-state index contributed by atoms with van der Waals surface area (Å²) in [4.78, 5) is 70.0. The number of nitrogens with zero attached hydrogens (tertiary/aromatic N) is 5. The Hall–Kier alpha value is -6.59. The van der Waals surface area contributed by atoms with Crippen LogP contribution in [0.4, 0.5) is 19.4 Å². The number of aromatic nitrogens is 2. The number of urea groups is 1. The van der Waals surface area contributed by atoms with Crippen molar-refractivity contribution in [3.05, 3.63) is 106 Å². The third kappa shape index (κ3) is 9.38. The van der Waals surface area contributed by atoms with Gasteiger partial charge in [-0.2, -0.15) is 5.10 Å². The van der Waals surface area contributed by atoms with E-state index < -0.39 is 35.1 Å². The van der Waals surface area contributed by atoms with Gasteiger partial charge in [0.15, 0.2) is 23.0 Å². The number of methoxy groups -OCH3 is 1. The molecule has 6 amide bonds. The van der Waals surface area contributed by atoms with Gasteiger partial charge >= 0.3 is 6.03 Å². The SMILES string of the molecule is COc1ccc(C(N)=O)c(-c2c(Cl)c(F)cc3c2C(C)C(CNC2CCC(C(=O)N4CCC(CC(=O)N5CCC(c6ccc7c(N8CCC(=O)NC8=O)nn(C)c7c6)CC5)CC4)CC2)(c2ccccc2)O3)c1F. The summed E-state index contributed by atoms with van der Waals surface area (Å²) in [5.41, 5.74) is 7.56. The Morgan fingerprint density at radius 3 is 2.30 bits per heavy atom. The van der Waals surface area contributed by atoms with Crippen LogP contribution in [0.5, 0.6) is 11.5 Å². The van der Waals surface area contributed by atoms with E-state index in [9.17, 15) is 24.0 Å². The van der Waals surface area contributed by atoms with E-state index in [1.807, 2.05) is 60.2 Å². The molecule has 5 heterocycles. The van der Waals surface area contributed by atoms with Gasteiger partial charge in [-0.25, -0.2) is 13.6 Å². The lowest BCUT2D eigenvalue weighted by molar-refractivity contribution is -0.138. The second kappa shape index (κ2) is 20.4. The predicted molar refractivity (Wildman–Crippen MR) is 271 cm³/mol. The van der Waals surface area contributed by atoms with E-state index in [0.717, 1.165) is 55.0 Å². The number of ether oxygens (including phenoxy) is 2. The normalized spacial score (nSPS) is 22.8. The lowest BCUT2D eigenvalue weighted by Gasteiger charge is -2.39. The number of likely N-dealkylation sites (tertiary alicyclic amines) is 2. The van der Waals surface area contributed by atoms with Gasteiger partial charge in [0.05, 0.1) is 23.2 Å². The highest BCUT2D eigenvalue weighted by Crippen LogP contribution is 2.56. The number of imide groups is 1. The molecular weight excluding hydrogens is 958 g/mol. The second-order valence-corrected chi connectivity index (χ2v) is 20.8. The van der Waals surface area contributed by atoms with E-state index in [-0.39, 0.29) is 87.7 Å². The van der Waals surface area contributed by atoms with E-state index in [1.54, 1.807) is 4.68 Å². The number of amides is 6. The number of carbonyl (C=O) groups is 5. The molecule has 4 fully saturated rings. The number of carbonyl (C=O) groups excluding carboxylic acids is 5. The number of primary amides is 1. The number of benzene rings is 4. The van der Waals surface area contributed by atoms with Gasteiger partial charge in [-0.1, -0.05) is 54.9 Å². The molecule has 5 aliphatic rings. The standard InChI is InChI=1S/C55H61ClF2N8O7/c1-31-46-43(29-40(57)49(56)48(46)47-39(51(59)69)15-16-42(72-3)50(47)58)73-55(31,36-7-5-4-6-8-36)30-60-37-12-9-34(10-13-37)53(70)65-22-17-32(18-23-65)27-45(68)64-24-19-33(20-25-64)35-11-14-38-41(28-35)63(2)62-52(38)66-26-21-44(67)61-54(66)71/h4-8,11,14-16,28-29,31-34,37,60H,9-10,12-13,17-27,30H2,1-3H3,(H2,59,69)(H,61,67,71). The maximum Gasteiger partial charge on any atom is 0.329 e. The number of rotatable bonds is 12. The van der Waals surface area contributed by atoms with Gasteiger partial charge in [0, 0.05) is 105 Å². The molecule has 5 aromatic rings. The highest BCUT2D eigenvalue weighted by atomic mass is 35.5. The summed E-state index contributed by atoms with van der Waals surface area (Å²) < 4.78 is 45.9. The smallest absolute Gasteiger partial charge is 0.329 e. The zero-order valence-corrected chi connectivity index (χ0v) is 42.1. The summed E-state index contributed by atoms with van der Waals surface area (Å²) in [5, 5.41) is 11.2. The summed E-state index contributed by atoms with van der Waals surface area (Å²) in [6.45, 7) is 5.15. The average Bonchev–Trinajstić information content (AvgIpc) is 3.88.